The Bertz CT molecular complexity index is 481. The Morgan fingerprint density at radius 1 is 1.19 bits per heavy atom. The van der Waals surface area contributed by atoms with Crippen molar-refractivity contribution in [1.82, 2.24) is 9.62 Å². The number of nitrogens with one attached hydrogen (secondary N) is 1. The molecular weight excluding hydrogens is 284 g/mol. The molecule has 2 aliphatic carbocycles. The summed E-state index contributed by atoms with van der Waals surface area (Å²) in [6.45, 7) is 5.19. The second kappa shape index (κ2) is 6.39. The number of fused-ring (bicyclic) bond motifs is 2. The maximum Gasteiger partial charge on any atom is 0.211 e. The molecule has 3 aliphatic rings. The van der Waals surface area contributed by atoms with Crippen LogP contribution in [0.2, 0.25) is 0 Å². The molecule has 2 bridgehead atoms. The minimum atomic E-state index is -3.06. The summed E-state index contributed by atoms with van der Waals surface area (Å²) in [5, 5.41) is 0. The molecule has 21 heavy (non-hydrogen) atoms. The van der Waals surface area contributed by atoms with Gasteiger partial charge in [-0.05, 0) is 62.9 Å². The first kappa shape index (κ1) is 15.5. The van der Waals surface area contributed by atoms with E-state index in [1.54, 1.807) is 0 Å². The van der Waals surface area contributed by atoms with Gasteiger partial charge in [-0.1, -0.05) is 19.1 Å². The van der Waals surface area contributed by atoms with Crippen molar-refractivity contribution in [2.24, 2.45) is 17.8 Å². The van der Waals surface area contributed by atoms with Crippen molar-refractivity contribution < 1.29 is 8.42 Å². The molecule has 3 rings (SSSR count). The first-order chi connectivity index (χ1) is 10.1. The molecule has 0 aromatic heterocycles. The maximum absolute atomic E-state index is 11.8. The van der Waals surface area contributed by atoms with E-state index in [4.69, 9.17) is 0 Å². The molecule has 4 nitrogen and oxygen atoms in total. The van der Waals surface area contributed by atoms with Crippen molar-refractivity contribution in [3.05, 3.63) is 12.2 Å². The van der Waals surface area contributed by atoms with Crippen molar-refractivity contribution >= 4 is 10.0 Å². The third-order valence-electron chi connectivity index (χ3n) is 5.32. The number of piperidine rings is 1. The van der Waals surface area contributed by atoms with Crippen LogP contribution in [-0.4, -0.2) is 44.7 Å². The molecule has 1 aliphatic heterocycles. The monoisotopic (exact) mass is 312 g/mol. The quantitative estimate of drug-likeness (QED) is 0.763. The van der Waals surface area contributed by atoms with Crippen LogP contribution in [0.15, 0.2) is 12.2 Å². The maximum atomic E-state index is 11.8. The highest BCUT2D eigenvalue weighted by molar-refractivity contribution is 7.89. The van der Waals surface area contributed by atoms with Gasteiger partial charge in [-0.25, -0.2) is 13.1 Å². The van der Waals surface area contributed by atoms with Crippen LogP contribution >= 0.6 is 0 Å². The molecule has 1 saturated heterocycles. The molecule has 3 atom stereocenters. The lowest BCUT2D eigenvalue weighted by molar-refractivity contribution is 0.169. The summed E-state index contributed by atoms with van der Waals surface area (Å²) >= 11 is 0. The first-order valence-electron chi connectivity index (χ1n) is 8.46. The van der Waals surface area contributed by atoms with Crippen LogP contribution in [0.25, 0.3) is 0 Å². The average molecular weight is 312 g/mol. The SMILES string of the molecule is CCCS(=O)(=O)NC1CCN(CC2CC3C=CC2C3)CC1. The predicted molar refractivity (Wildman–Crippen MR) is 85.5 cm³/mol. The second-order valence-electron chi connectivity index (χ2n) is 7.05. The van der Waals surface area contributed by atoms with E-state index in [0.717, 1.165) is 43.7 Å². The van der Waals surface area contributed by atoms with Gasteiger partial charge in [-0.2, -0.15) is 0 Å². The Hall–Kier alpha value is -0.390. The topological polar surface area (TPSA) is 49.4 Å². The van der Waals surface area contributed by atoms with E-state index < -0.39 is 10.0 Å². The van der Waals surface area contributed by atoms with E-state index in [0.29, 0.717) is 6.42 Å². The molecule has 120 valence electrons. The van der Waals surface area contributed by atoms with E-state index in [2.05, 4.69) is 21.8 Å². The Morgan fingerprint density at radius 3 is 2.52 bits per heavy atom. The summed E-state index contributed by atoms with van der Waals surface area (Å²) < 4.78 is 26.5. The molecule has 3 unspecified atom stereocenters. The van der Waals surface area contributed by atoms with Crippen molar-refractivity contribution in [2.75, 3.05) is 25.4 Å². The van der Waals surface area contributed by atoms with Crippen molar-refractivity contribution in [3.8, 4) is 0 Å². The Balaban J connectivity index is 1.42. The normalized spacial score (nSPS) is 33.9. The van der Waals surface area contributed by atoms with Crippen LogP contribution in [0.1, 0.15) is 39.0 Å². The Kier molecular flexibility index (Phi) is 4.71. The highest BCUT2D eigenvalue weighted by Crippen LogP contribution is 2.43. The molecule has 2 fully saturated rings. The smallest absolute Gasteiger partial charge is 0.211 e. The number of rotatable bonds is 6. The number of sulfonamides is 1. The van der Waals surface area contributed by atoms with E-state index in [-0.39, 0.29) is 11.8 Å². The van der Waals surface area contributed by atoms with Gasteiger partial charge in [-0.3, -0.25) is 0 Å². The first-order valence-corrected chi connectivity index (χ1v) is 10.1. The third-order valence-corrected chi connectivity index (χ3v) is 6.95. The summed E-state index contributed by atoms with van der Waals surface area (Å²) in [5.41, 5.74) is 0. The second-order valence-corrected chi connectivity index (χ2v) is 8.93. The number of hydrogen-bond donors (Lipinski definition) is 1. The minimum absolute atomic E-state index is 0.151. The molecule has 1 N–H and O–H groups in total. The van der Waals surface area contributed by atoms with Gasteiger partial charge in [0, 0.05) is 12.6 Å². The van der Waals surface area contributed by atoms with E-state index in [9.17, 15) is 8.42 Å². The van der Waals surface area contributed by atoms with Gasteiger partial charge in [0.15, 0.2) is 0 Å². The average Bonchev–Trinajstić information content (AvgIpc) is 3.03. The lowest BCUT2D eigenvalue weighted by atomic mass is 9.92. The lowest BCUT2D eigenvalue weighted by Crippen LogP contribution is -2.46. The van der Waals surface area contributed by atoms with Crippen molar-refractivity contribution in [2.45, 2.75) is 45.1 Å². The van der Waals surface area contributed by atoms with Crippen LogP contribution in [0.4, 0.5) is 0 Å². The van der Waals surface area contributed by atoms with Crippen molar-refractivity contribution in [3.63, 3.8) is 0 Å². The molecule has 0 radical (unpaired) electrons. The van der Waals surface area contributed by atoms with Crippen LogP contribution in [0.5, 0.6) is 0 Å². The zero-order chi connectivity index (χ0) is 14.9. The molecule has 5 heteroatoms. The molecular formula is C16H28N2O2S. The number of allylic oxidation sites excluding steroid dienone is 2. The molecule has 1 saturated carbocycles. The lowest BCUT2D eigenvalue weighted by Gasteiger charge is -2.35. The fourth-order valence-corrected chi connectivity index (χ4v) is 5.65. The third kappa shape index (κ3) is 3.88. The van der Waals surface area contributed by atoms with Gasteiger partial charge in [0.05, 0.1) is 5.75 Å². The van der Waals surface area contributed by atoms with E-state index in [1.807, 2.05) is 6.92 Å². The van der Waals surface area contributed by atoms with Gasteiger partial charge >= 0.3 is 0 Å². The zero-order valence-corrected chi connectivity index (χ0v) is 13.8. The van der Waals surface area contributed by atoms with Crippen LogP contribution in [0, 0.1) is 17.8 Å². The highest BCUT2D eigenvalue weighted by Gasteiger charge is 2.36. The van der Waals surface area contributed by atoms with Gasteiger partial charge in [0.1, 0.15) is 0 Å². The van der Waals surface area contributed by atoms with Crippen molar-refractivity contribution in [1.29, 1.82) is 0 Å². The van der Waals surface area contributed by atoms with Gasteiger partial charge in [0.25, 0.3) is 0 Å². The molecule has 0 aromatic rings. The van der Waals surface area contributed by atoms with E-state index >= 15 is 0 Å². The van der Waals surface area contributed by atoms with Crippen LogP contribution in [0.3, 0.4) is 0 Å². The summed E-state index contributed by atoms with van der Waals surface area (Å²) in [5.74, 6) is 2.76. The number of nitrogens with zero attached hydrogens (tertiary/aromatic N) is 1. The number of likely N-dealkylation sites (tertiary alicyclic amines) is 1. The fraction of sp³-hybridized carbons (Fsp3) is 0.875. The zero-order valence-electron chi connectivity index (χ0n) is 13.0. The van der Waals surface area contributed by atoms with E-state index in [1.165, 1.54) is 19.4 Å². The number of hydrogen-bond acceptors (Lipinski definition) is 3. The standard InChI is InChI=1S/C16H28N2O2S/c1-2-9-21(19,20)17-16-5-7-18(8-6-16)12-15-11-13-3-4-14(15)10-13/h3-4,13-17H,2,5-12H2,1H3. The predicted octanol–water partition coefficient (Wildman–Crippen LogP) is 1.99. The van der Waals surface area contributed by atoms with Crippen LogP contribution < -0.4 is 4.72 Å². The highest BCUT2D eigenvalue weighted by atomic mass is 32.2. The van der Waals surface area contributed by atoms with Gasteiger partial charge < -0.3 is 4.90 Å². The van der Waals surface area contributed by atoms with Gasteiger partial charge in [-0.15, -0.1) is 0 Å². The summed E-state index contributed by atoms with van der Waals surface area (Å²) in [6, 6.07) is 0.151. The summed E-state index contributed by atoms with van der Waals surface area (Å²) in [4.78, 5) is 2.55. The van der Waals surface area contributed by atoms with Crippen LogP contribution in [-0.2, 0) is 10.0 Å². The largest absolute Gasteiger partial charge is 0.303 e. The fourth-order valence-electron chi connectivity index (χ4n) is 4.25. The summed E-state index contributed by atoms with van der Waals surface area (Å²) in [7, 11) is -3.06. The van der Waals surface area contributed by atoms with Gasteiger partial charge in [0.2, 0.25) is 10.0 Å². The summed E-state index contributed by atoms with van der Waals surface area (Å²) in [6.07, 6.45) is 10.2. The minimum Gasteiger partial charge on any atom is -0.303 e. The molecule has 0 spiro atoms. The molecule has 1 heterocycles. The molecule has 0 aromatic carbocycles. The Morgan fingerprint density at radius 2 is 1.95 bits per heavy atom. The Labute approximate surface area is 129 Å². The molecule has 0 amide bonds.